The molecule has 2 heteroatoms. The van der Waals surface area contributed by atoms with E-state index in [9.17, 15) is 0 Å². The van der Waals surface area contributed by atoms with E-state index in [2.05, 4.69) is 60.4 Å². The third-order valence-electron chi connectivity index (χ3n) is 2.81. The Morgan fingerprint density at radius 2 is 1.75 bits per heavy atom. The highest BCUT2D eigenvalue weighted by molar-refractivity contribution is 5.36. The highest BCUT2D eigenvalue weighted by Gasteiger charge is 2.03. The largest absolute Gasteiger partial charge is 0.324 e. The number of nitrogens with one attached hydrogen (secondary N) is 1. The topological polar surface area (TPSA) is 17.0 Å². The van der Waals surface area contributed by atoms with E-state index < -0.39 is 0 Å². The molecule has 2 rings (SSSR count). The van der Waals surface area contributed by atoms with Gasteiger partial charge in [0, 0.05) is 24.1 Å². The lowest BCUT2D eigenvalue weighted by molar-refractivity contribution is 0.598. The molecule has 0 radical (unpaired) electrons. The molecule has 1 atom stereocenters. The van der Waals surface area contributed by atoms with Crippen LogP contribution in [0.15, 0.2) is 48.8 Å². The summed E-state index contributed by atoms with van der Waals surface area (Å²) < 4.78 is 2.11. The van der Waals surface area contributed by atoms with Crippen LogP contribution in [0.1, 0.15) is 25.5 Å². The zero-order valence-electron chi connectivity index (χ0n) is 9.85. The summed E-state index contributed by atoms with van der Waals surface area (Å²) in [5.74, 6) is 0. The predicted molar refractivity (Wildman–Crippen MR) is 67.9 cm³/mol. The lowest BCUT2D eigenvalue weighted by atomic mass is 10.1. The predicted octanol–water partition coefficient (Wildman–Crippen LogP) is 3.15. The first-order valence-electron chi connectivity index (χ1n) is 5.78. The van der Waals surface area contributed by atoms with Crippen molar-refractivity contribution in [2.24, 2.45) is 0 Å². The molecule has 0 aliphatic carbocycles. The summed E-state index contributed by atoms with van der Waals surface area (Å²) in [5.41, 5.74) is 2.54. The van der Waals surface area contributed by atoms with E-state index >= 15 is 0 Å². The minimum absolute atomic E-state index is 0.420. The Morgan fingerprint density at radius 3 is 2.31 bits per heavy atom. The van der Waals surface area contributed by atoms with Gasteiger partial charge in [-0.15, -0.1) is 0 Å². The molecule has 16 heavy (non-hydrogen) atoms. The smallest absolute Gasteiger partial charge is 0.0449 e. The second kappa shape index (κ2) is 4.99. The number of hydrogen-bond acceptors (Lipinski definition) is 1. The Kier molecular flexibility index (Phi) is 3.42. The molecule has 0 aliphatic rings. The molecule has 2 nitrogen and oxygen atoms in total. The van der Waals surface area contributed by atoms with Gasteiger partial charge in [-0.2, -0.15) is 0 Å². The molecule has 2 aromatic rings. The summed E-state index contributed by atoms with van der Waals surface area (Å²) in [5, 5.41) is 3.41. The third kappa shape index (κ3) is 2.34. The third-order valence-corrected chi connectivity index (χ3v) is 2.81. The SMILES string of the molecule is CCNC(C)c1ccc(-n2cccc2)cc1. The molecule has 1 aromatic heterocycles. The van der Waals surface area contributed by atoms with E-state index in [1.165, 1.54) is 11.3 Å². The Morgan fingerprint density at radius 1 is 1.12 bits per heavy atom. The van der Waals surface area contributed by atoms with Crippen LogP contribution in [-0.4, -0.2) is 11.1 Å². The first-order chi connectivity index (χ1) is 7.81. The highest BCUT2D eigenvalue weighted by Crippen LogP contribution is 2.15. The van der Waals surface area contributed by atoms with Gasteiger partial charge in [0.15, 0.2) is 0 Å². The van der Waals surface area contributed by atoms with Gasteiger partial charge in [0.1, 0.15) is 0 Å². The standard InChI is InChI=1S/C14H18N2/c1-3-15-12(2)13-6-8-14(9-7-13)16-10-4-5-11-16/h4-12,15H,3H2,1-2H3. The zero-order chi connectivity index (χ0) is 11.4. The average Bonchev–Trinajstić information content (AvgIpc) is 2.83. The number of rotatable bonds is 4. The summed E-state index contributed by atoms with van der Waals surface area (Å²) in [7, 11) is 0. The van der Waals surface area contributed by atoms with Crippen molar-refractivity contribution < 1.29 is 0 Å². The molecule has 0 fully saturated rings. The van der Waals surface area contributed by atoms with Gasteiger partial charge in [-0.3, -0.25) is 0 Å². The maximum absolute atomic E-state index is 3.41. The molecule has 0 bridgehead atoms. The Hall–Kier alpha value is -1.54. The van der Waals surface area contributed by atoms with Crippen LogP contribution < -0.4 is 5.32 Å². The van der Waals surface area contributed by atoms with Gasteiger partial charge < -0.3 is 9.88 Å². The van der Waals surface area contributed by atoms with Crippen molar-refractivity contribution in [1.82, 2.24) is 9.88 Å². The molecule has 0 saturated carbocycles. The zero-order valence-corrected chi connectivity index (χ0v) is 9.85. The van der Waals surface area contributed by atoms with Crippen LogP contribution in [-0.2, 0) is 0 Å². The van der Waals surface area contributed by atoms with Crippen molar-refractivity contribution in [2.45, 2.75) is 19.9 Å². The molecule has 0 saturated heterocycles. The number of nitrogens with zero attached hydrogens (tertiary/aromatic N) is 1. The summed E-state index contributed by atoms with van der Waals surface area (Å²) in [6.07, 6.45) is 4.12. The van der Waals surface area contributed by atoms with Gasteiger partial charge in [-0.05, 0) is 43.3 Å². The molecule has 1 aromatic carbocycles. The fraction of sp³-hybridized carbons (Fsp3) is 0.286. The van der Waals surface area contributed by atoms with Gasteiger partial charge >= 0.3 is 0 Å². The lowest BCUT2D eigenvalue weighted by Crippen LogP contribution is -2.17. The summed E-state index contributed by atoms with van der Waals surface area (Å²) in [6.45, 7) is 5.32. The molecule has 84 valence electrons. The van der Waals surface area contributed by atoms with Crippen LogP contribution in [0.4, 0.5) is 0 Å². The summed E-state index contributed by atoms with van der Waals surface area (Å²) >= 11 is 0. The first kappa shape index (κ1) is 11.0. The van der Waals surface area contributed by atoms with Gasteiger partial charge in [0.2, 0.25) is 0 Å². The van der Waals surface area contributed by atoms with Crippen molar-refractivity contribution >= 4 is 0 Å². The number of aromatic nitrogens is 1. The van der Waals surface area contributed by atoms with Crippen molar-refractivity contribution in [3.8, 4) is 5.69 Å². The number of hydrogen-bond donors (Lipinski definition) is 1. The summed E-state index contributed by atoms with van der Waals surface area (Å²) in [6, 6.07) is 13.2. The van der Waals surface area contributed by atoms with Gasteiger partial charge in [-0.1, -0.05) is 19.1 Å². The maximum Gasteiger partial charge on any atom is 0.0449 e. The van der Waals surface area contributed by atoms with E-state index in [4.69, 9.17) is 0 Å². The quantitative estimate of drug-likeness (QED) is 0.827. The molecular weight excluding hydrogens is 196 g/mol. The van der Waals surface area contributed by atoms with Gasteiger partial charge in [0.05, 0.1) is 0 Å². The first-order valence-corrected chi connectivity index (χ1v) is 5.78. The Labute approximate surface area is 96.9 Å². The van der Waals surface area contributed by atoms with E-state index in [-0.39, 0.29) is 0 Å². The van der Waals surface area contributed by atoms with E-state index in [1.807, 2.05) is 12.1 Å². The number of benzene rings is 1. The second-order valence-electron chi connectivity index (χ2n) is 3.96. The minimum Gasteiger partial charge on any atom is -0.324 e. The molecule has 1 N–H and O–H groups in total. The maximum atomic E-state index is 3.41. The average molecular weight is 214 g/mol. The molecule has 0 amide bonds. The molecule has 0 aliphatic heterocycles. The van der Waals surface area contributed by atoms with Crippen LogP contribution in [0.3, 0.4) is 0 Å². The van der Waals surface area contributed by atoms with E-state index in [0.29, 0.717) is 6.04 Å². The molecule has 0 spiro atoms. The van der Waals surface area contributed by atoms with E-state index in [0.717, 1.165) is 6.54 Å². The monoisotopic (exact) mass is 214 g/mol. The van der Waals surface area contributed by atoms with Crippen molar-refractivity contribution in [3.63, 3.8) is 0 Å². The van der Waals surface area contributed by atoms with Crippen LogP contribution in [0.25, 0.3) is 5.69 Å². The van der Waals surface area contributed by atoms with Crippen molar-refractivity contribution in [1.29, 1.82) is 0 Å². The molecule has 1 heterocycles. The fourth-order valence-corrected chi connectivity index (χ4v) is 1.87. The normalized spacial score (nSPS) is 12.6. The minimum atomic E-state index is 0.420. The Balaban J connectivity index is 2.16. The molecular formula is C14H18N2. The van der Waals surface area contributed by atoms with Gasteiger partial charge in [0.25, 0.3) is 0 Å². The van der Waals surface area contributed by atoms with Gasteiger partial charge in [-0.25, -0.2) is 0 Å². The van der Waals surface area contributed by atoms with Crippen molar-refractivity contribution in [2.75, 3.05) is 6.54 Å². The van der Waals surface area contributed by atoms with Crippen LogP contribution in [0.5, 0.6) is 0 Å². The lowest BCUT2D eigenvalue weighted by Gasteiger charge is -2.13. The van der Waals surface area contributed by atoms with Crippen molar-refractivity contribution in [3.05, 3.63) is 54.4 Å². The Bertz CT molecular complexity index is 415. The van der Waals surface area contributed by atoms with Crippen LogP contribution in [0.2, 0.25) is 0 Å². The molecule has 1 unspecified atom stereocenters. The van der Waals surface area contributed by atoms with Crippen LogP contribution in [0, 0.1) is 0 Å². The summed E-state index contributed by atoms with van der Waals surface area (Å²) in [4.78, 5) is 0. The second-order valence-corrected chi connectivity index (χ2v) is 3.96. The highest BCUT2D eigenvalue weighted by atomic mass is 14.9. The fourth-order valence-electron chi connectivity index (χ4n) is 1.87. The van der Waals surface area contributed by atoms with E-state index in [1.54, 1.807) is 0 Å². The van der Waals surface area contributed by atoms with Crippen LogP contribution >= 0.6 is 0 Å².